The molecule has 0 saturated carbocycles. The molecule has 0 aromatic heterocycles. The van der Waals surface area contributed by atoms with Crippen LogP contribution in [0.1, 0.15) is 17.3 Å². The highest BCUT2D eigenvalue weighted by atomic mass is 32.1. The molecule has 0 aliphatic rings. The average Bonchev–Trinajstić information content (AvgIpc) is 2.69. The second-order valence-corrected chi connectivity index (χ2v) is 6.37. The van der Waals surface area contributed by atoms with E-state index in [2.05, 4.69) is 10.6 Å². The molecule has 8 nitrogen and oxygen atoms in total. The summed E-state index contributed by atoms with van der Waals surface area (Å²) >= 11 is 5.20. The first-order chi connectivity index (χ1) is 13.9. The monoisotopic (exact) mass is 411 g/mol. The highest BCUT2D eigenvalue weighted by Crippen LogP contribution is 2.30. The van der Waals surface area contributed by atoms with Gasteiger partial charge in [-0.2, -0.15) is 0 Å². The summed E-state index contributed by atoms with van der Waals surface area (Å²) in [5, 5.41) is 28.0. The van der Waals surface area contributed by atoms with Crippen molar-refractivity contribution < 1.29 is 19.6 Å². The van der Waals surface area contributed by atoms with Crippen molar-refractivity contribution in [2.75, 3.05) is 11.9 Å². The molecule has 0 atom stereocenters. The highest BCUT2D eigenvalue weighted by Gasteiger charge is 2.19. The lowest BCUT2D eigenvalue weighted by atomic mass is 10.1. The summed E-state index contributed by atoms with van der Waals surface area (Å²) in [6.07, 6.45) is 0. The summed E-state index contributed by atoms with van der Waals surface area (Å²) in [6, 6.07) is 14.3. The number of fused-ring (bicyclic) bond motifs is 1. The van der Waals surface area contributed by atoms with Gasteiger partial charge in [-0.05, 0) is 43.4 Å². The van der Waals surface area contributed by atoms with Crippen molar-refractivity contribution >= 4 is 45.4 Å². The molecule has 0 saturated heterocycles. The molecule has 0 unspecified atom stereocenters. The minimum Gasteiger partial charge on any atom is -0.507 e. The molecule has 3 N–H and O–H groups in total. The van der Waals surface area contributed by atoms with Gasteiger partial charge in [0.2, 0.25) is 0 Å². The van der Waals surface area contributed by atoms with E-state index in [0.29, 0.717) is 11.1 Å². The second-order valence-electron chi connectivity index (χ2n) is 5.96. The predicted molar refractivity (Wildman–Crippen MR) is 114 cm³/mol. The van der Waals surface area contributed by atoms with E-state index in [4.69, 9.17) is 17.0 Å². The standard InChI is InChI=1S/C20H17N3O5S/c1-2-28-18-10-9-12(11-16(18)23(26)27)19(25)22-20(29)21-15-7-3-6-14-13(15)5-4-8-17(14)24/h3-11,24H,2H2,1H3,(H2,21,22,25,29). The van der Waals surface area contributed by atoms with Gasteiger partial charge in [0.25, 0.3) is 5.91 Å². The molecular formula is C20H17N3O5S. The Morgan fingerprint density at radius 3 is 2.62 bits per heavy atom. The van der Waals surface area contributed by atoms with Crippen LogP contribution in [0.5, 0.6) is 11.5 Å². The summed E-state index contributed by atoms with van der Waals surface area (Å²) in [5.41, 5.74) is 0.365. The van der Waals surface area contributed by atoms with Gasteiger partial charge in [-0.3, -0.25) is 20.2 Å². The van der Waals surface area contributed by atoms with Crippen molar-refractivity contribution in [2.45, 2.75) is 6.92 Å². The van der Waals surface area contributed by atoms with Crippen molar-refractivity contribution in [1.29, 1.82) is 0 Å². The molecule has 0 bridgehead atoms. The van der Waals surface area contributed by atoms with Crippen LogP contribution in [-0.2, 0) is 0 Å². The Morgan fingerprint density at radius 1 is 1.17 bits per heavy atom. The molecule has 3 rings (SSSR count). The SMILES string of the molecule is CCOc1ccc(C(=O)NC(=S)Nc2cccc3c(O)cccc23)cc1[N+](=O)[O-]. The van der Waals surface area contributed by atoms with E-state index in [-0.39, 0.29) is 34.5 Å². The number of amides is 1. The maximum Gasteiger partial charge on any atom is 0.311 e. The fraction of sp³-hybridized carbons (Fsp3) is 0.100. The first-order valence-electron chi connectivity index (χ1n) is 8.65. The number of nitro benzene ring substituents is 1. The number of carbonyl (C=O) groups is 1. The molecule has 0 radical (unpaired) electrons. The van der Waals surface area contributed by atoms with E-state index in [1.807, 2.05) is 0 Å². The molecule has 9 heteroatoms. The largest absolute Gasteiger partial charge is 0.507 e. The van der Waals surface area contributed by atoms with Gasteiger partial charge in [-0.1, -0.05) is 24.3 Å². The average molecular weight is 411 g/mol. The number of hydrogen-bond donors (Lipinski definition) is 3. The van der Waals surface area contributed by atoms with Crippen LogP contribution in [0, 0.1) is 10.1 Å². The van der Waals surface area contributed by atoms with Gasteiger partial charge in [-0.25, -0.2) is 0 Å². The number of nitrogens with zero attached hydrogens (tertiary/aromatic N) is 1. The number of phenols is 1. The molecule has 3 aromatic carbocycles. The lowest BCUT2D eigenvalue weighted by Crippen LogP contribution is -2.34. The number of benzene rings is 3. The first kappa shape index (κ1) is 20.0. The van der Waals surface area contributed by atoms with Gasteiger partial charge in [0.1, 0.15) is 5.75 Å². The zero-order valence-electron chi connectivity index (χ0n) is 15.3. The van der Waals surface area contributed by atoms with Gasteiger partial charge in [-0.15, -0.1) is 0 Å². The summed E-state index contributed by atoms with van der Waals surface area (Å²) < 4.78 is 5.21. The van der Waals surface area contributed by atoms with Gasteiger partial charge < -0.3 is 15.2 Å². The maximum absolute atomic E-state index is 12.5. The topological polar surface area (TPSA) is 114 Å². The number of nitro groups is 1. The van der Waals surface area contributed by atoms with Gasteiger partial charge in [0.05, 0.1) is 11.5 Å². The summed E-state index contributed by atoms with van der Waals surface area (Å²) in [6.45, 7) is 1.97. The van der Waals surface area contributed by atoms with Crippen LogP contribution in [0.3, 0.4) is 0 Å². The number of aromatic hydroxyl groups is 1. The quantitative estimate of drug-likeness (QED) is 0.331. The molecular weight excluding hydrogens is 394 g/mol. The molecule has 0 heterocycles. The number of thiocarbonyl (C=S) groups is 1. The van der Waals surface area contributed by atoms with E-state index < -0.39 is 10.8 Å². The number of anilines is 1. The predicted octanol–water partition coefficient (Wildman–Crippen LogP) is 3.98. The van der Waals surface area contributed by atoms with Crippen LogP contribution in [0.15, 0.2) is 54.6 Å². The highest BCUT2D eigenvalue weighted by molar-refractivity contribution is 7.80. The van der Waals surface area contributed by atoms with Crippen molar-refractivity contribution in [3.63, 3.8) is 0 Å². The number of hydrogen-bond acceptors (Lipinski definition) is 6. The van der Waals surface area contributed by atoms with Crippen LogP contribution in [0.25, 0.3) is 10.8 Å². The molecule has 0 aliphatic carbocycles. The third-order valence-corrected chi connectivity index (χ3v) is 4.30. The zero-order valence-corrected chi connectivity index (χ0v) is 16.2. The maximum atomic E-state index is 12.5. The van der Waals surface area contributed by atoms with Crippen LogP contribution in [0.4, 0.5) is 11.4 Å². The van der Waals surface area contributed by atoms with Crippen molar-refractivity contribution in [2.24, 2.45) is 0 Å². The first-order valence-corrected chi connectivity index (χ1v) is 9.05. The Bertz CT molecular complexity index is 1120. The molecule has 148 valence electrons. The molecule has 0 aliphatic heterocycles. The number of ether oxygens (including phenoxy) is 1. The smallest absolute Gasteiger partial charge is 0.311 e. The zero-order chi connectivity index (χ0) is 21.0. The van der Waals surface area contributed by atoms with Crippen molar-refractivity contribution in [3.8, 4) is 11.5 Å². The van der Waals surface area contributed by atoms with E-state index in [1.54, 1.807) is 43.3 Å². The number of nitrogens with one attached hydrogen (secondary N) is 2. The van der Waals surface area contributed by atoms with E-state index in [0.717, 1.165) is 11.5 Å². The summed E-state index contributed by atoms with van der Waals surface area (Å²) in [4.78, 5) is 23.1. The third kappa shape index (κ3) is 4.41. The Morgan fingerprint density at radius 2 is 1.90 bits per heavy atom. The fourth-order valence-electron chi connectivity index (χ4n) is 2.81. The molecule has 1 amide bonds. The number of phenolic OH excluding ortho intramolecular Hbond substituents is 1. The molecule has 29 heavy (non-hydrogen) atoms. The van der Waals surface area contributed by atoms with Crippen LogP contribution >= 0.6 is 12.2 Å². The Hall–Kier alpha value is -3.72. The minimum atomic E-state index is -0.610. The lowest BCUT2D eigenvalue weighted by Gasteiger charge is -2.12. The van der Waals surface area contributed by atoms with Gasteiger partial charge in [0, 0.05) is 28.1 Å². The normalized spacial score (nSPS) is 10.4. The van der Waals surface area contributed by atoms with E-state index >= 15 is 0 Å². The van der Waals surface area contributed by atoms with E-state index in [9.17, 15) is 20.0 Å². The third-order valence-electron chi connectivity index (χ3n) is 4.09. The van der Waals surface area contributed by atoms with Crippen molar-refractivity contribution in [1.82, 2.24) is 5.32 Å². The van der Waals surface area contributed by atoms with Crippen LogP contribution < -0.4 is 15.4 Å². The van der Waals surface area contributed by atoms with E-state index in [1.165, 1.54) is 12.1 Å². The Balaban J connectivity index is 1.78. The lowest BCUT2D eigenvalue weighted by molar-refractivity contribution is -0.385. The van der Waals surface area contributed by atoms with Crippen LogP contribution in [0.2, 0.25) is 0 Å². The minimum absolute atomic E-state index is 0.0161. The summed E-state index contributed by atoms with van der Waals surface area (Å²) in [5.74, 6) is -0.384. The Kier molecular flexibility index (Phi) is 5.89. The van der Waals surface area contributed by atoms with Crippen molar-refractivity contribution in [3.05, 3.63) is 70.3 Å². The Labute approximate surface area is 171 Å². The summed E-state index contributed by atoms with van der Waals surface area (Å²) in [7, 11) is 0. The molecule has 0 fully saturated rings. The molecule has 0 spiro atoms. The van der Waals surface area contributed by atoms with Gasteiger partial charge in [0.15, 0.2) is 10.9 Å². The van der Waals surface area contributed by atoms with Gasteiger partial charge >= 0.3 is 5.69 Å². The number of rotatable bonds is 5. The fourth-order valence-corrected chi connectivity index (χ4v) is 3.01. The second kappa shape index (κ2) is 8.53. The molecule has 3 aromatic rings. The number of carbonyl (C=O) groups excluding carboxylic acids is 1. The van der Waals surface area contributed by atoms with Crippen LogP contribution in [-0.4, -0.2) is 27.7 Å².